The van der Waals surface area contributed by atoms with Gasteiger partial charge in [-0.15, -0.1) is 0 Å². The lowest BCUT2D eigenvalue weighted by Crippen LogP contribution is -2.61. The minimum Gasteiger partial charge on any atom is -0.370 e. The maximum atomic E-state index is 14.8. The van der Waals surface area contributed by atoms with Gasteiger partial charge in [0, 0.05) is 61.2 Å². The molecule has 0 spiro atoms. The molecular weight excluding hydrogens is 943 g/mol. The SMILES string of the molecule is CC(C)[C@H](NC(=O)[C@@H]1CCC(=O)N[C@@H](Cc2cnc[nH]2)C(=O)N[C@H](Cc2ccccc2)C(=O)N[C@@H](CCCN=C(N)N)C(=O)N[C@@H](Cc2c[nH]c3ccccc23)C(=O)N1)C(=O)N[C@H](C(=O)NCC(N)=O)C(C)C. The number of rotatable bonds is 19. The topological polar surface area (TPSA) is 385 Å². The highest BCUT2D eigenvalue weighted by Gasteiger charge is 2.36. The van der Waals surface area contributed by atoms with Gasteiger partial charge in [0.25, 0.3) is 0 Å². The maximum absolute atomic E-state index is 14.8. The second kappa shape index (κ2) is 26.8. The van der Waals surface area contributed by atoms with Gasteiger partial charge in [0.1, 0.15) is 42.3 Å². The molecule has 0 radical (unpaired) electrons. The van der Waals surface area contributed by atoms with Crippen molar-refractivity contribution in [2.24, 2.45) is 34.0 Å². The summed E-state index contributed by atoms with van der Waals surface area (Å²) < 4.78 is 0. The second-order valence-corrected chi connectivity index (χ2v) is 18.5. The molecule has 7 atom stereocenters. The third kappa shape index (κ3) is 16.9. The van der Waals surface area contributed by atoms with E-state index in [1.165, 1.54) is 12.5 Å². The lowest BCUT2D eigenvalue weighted by Gasteiger charge is -2.29. The fourth-order valence-electron chi connectivity index (χ4n) is 8.14. The summed E-state index contributed by atoms with van der Waals surface area (Å²) in [5.74, 6) is -8.29. The molecule has 73 heavy (non-hydrogen) atoms. The summed E-state index contributed by atoms with van der Waals surface area (Å²) in [6.45, 7) is 6.22. The number of para-hydroxylation sites is 1. The summed E-state index contributed by atoms with van der Waals surface area (Å²) >= 11 is 0. The van der Waals surface area contributed by atoms with Gasteiger partial charge in [0.05, 0.1) is 12.9 Å². The van der Waals surface area contributed by atoms with Crippen LogP contribution in [-0.4, -0.2) is 129 Å². The van der Waals surface area contributed by atoms with Crippen LogP contribution in [0.2, 0.25) is 0 Å². The second-order valence-electron chi connectivity index (χ2n) is 18.5. The molecule has 5 rings (SSSR count). The zero-order valence-corrected chi connectivity index (χ0v) is 41.3. The van der Waals surface area contributed by atoms with E-state index in [1.807, 2.05) is 18.2 Å². The number of carbonyl (C=O) groups excluding carboxylic acids is 9. The molecule has 0 saturated carbocycles. The number of aromatic nitrogens is 3. The number of aliphatic imine (C=N–C) groups is 1. The molecular formula is C49H67N15O9. The Morgan fingerprint density at radius 1 is 0.699 bits per heavy atom. The predicted molar refractivity (Wildman–Crippen MR) is 269 cm³/mol. The molecule has 24 heteroatoms. The van der Waals surface area contributed by atoms with Crippen LogP contribution >= 0.6 is 0 Å². The Morgan fingerprint density at radius 3 is 1.95 bits per heavy atom. The molecule has 1 fully saturated rings. The number of carbonyl (C=O) groups is 9. The normalized spacial score (nSPS) is 20.0. The quantitative estimate of drug-likeness (QED) is 0.0278. The molecule has 0 aliphatic carbocycles. The Hall–Kier alpha value is -8.31. The van der Waals surface area contributed by atoms with E-state index in [0.717, 1.165) is 10.9 Å². The minimum absolute atomic E-state index is 0.0239. The molecule has 0 unspecified atom stereocenters. The van der Waals surface area contributed by atoms with Crippen LogP contribution in [0.25, 0.3) is 10.9 Å². The molecule has 24 nitrogen and oxygen atoms in total. The van der Waals surface area contributed by atoms with Crippen molar-refractivity contribution in [1.82, 2.24) is 57.5 Å². The van der Waals surface area contributed by atoms with E-state index in [2.05, 4.69) is 62.5 Å². The first-order chi connectivity index (χ1) is 34.8. The van der Waals surface area contributed by atoms with Crippen molar-refractivity contribution in [1.29, 1.82) is 0 Å². The van der Waals surface area contributed by atoms with Crippen LogP contribution in [0.1, 0.15) is 70.2 Å². The number of nitrogens with two attached hydrogens (primary N) is 3. The lowest BCUT2D eigenvalue weighted by atomic mass is 9.98. The molecule has 3 heterocycles. The van der Waals surface area contributed by atoms with Gasteiger partial charge in [0.15, 0.2) is 5.96 Å². The fraction of sp³-hybridized carbons (Fsp3) is 0.449. The third-order valence-corrected chi connectivity index (χ3v) is 12.1. The van der Waals surface area contributed by atoms with Crippen LogP contribution in [0.4, 0.5) is 0 Å². The van der Waals surface area contributed by atoms with Crippen molar-refractivity contribution in [2.75, 3.05) is 13.1 Å². The molecule has 0 bridgehead atoms. The molecule has 392 valence electrons. The number of fused-ring (bicyclic) bond motifs is 1. The van der Waals surface area contributed by atoms with Crippen LogP contribution in [0, 0.1) is 11.8 Å². The van der Waals surface area contributed by atoms with E-state index in [1.54, 1.807) is 70.3 Å². The van der Waals surface area contributed by atoms with Crippen molar-refractivity contribution in [3.05, 3.63) is 90.1 Å². The number of guanidine groups is 1. The number of primary amides is 1. The van der Waals surface area contributed by atoms with Gasteiger partial charge in [0.2, 0.25) is 53.2 Å². The van der Waals surface area contributed by atoms with Gasteiger partial charge in [-0.3, -0.25) is 48.1 Å². The molecule has 1 aliphatic rings. The van der Waals surface area contributed by atoms with Gasteiger partial charge in [-0.25, -0.2) is 4.98 Å². The van der Waals surface area contributed by atoms with Crippen LogP contribution in [0.5, 0.6) is 0 Å². The molecule has 4 aromatic rings. The third-order valence-electron chi connectivity index (χ3n) is 12.1. The minimum atomic E-state index is -1.55. The standard InChI is InChI=1S/C49H67N15O9/c1-26(2)40(47(72)56-24-38(50)65)64-48(73)41(27(3)4)63-43(68)34-16-17-39(66)58-37(21-30-23-53-25-57-30)46(71)61-35(19-28-11-6-5-7-12-28)44(69)59-33(15-10-18-54-49(51)52)42(67)62-36(45(70)60-34)20-29-22-55-32-14-9-8-13-31(29)32/h5-9,11-14,22-23,25-27,33-37,40-41,55H,10,15-21,24H2,1-4H3,(H2,50,65)(H,53,57)(H,56,72)(H,58,66)(H,59,69)(H,60,70)(H,61,71)(H,62,67)(H,63,68)(H,64,73)(H4,51,52,54)/t33-,34-,35+,36-,37-,40-,41-/m0/s1. The Labute approximate surface area is 421 Å². The van der Waals surface area contributed by atoms with Crippen LogP contribution < -0.4 is 59.7 Å². The monoisotopic (exact) mass is 1010 g/mol. The Morgan fingerprint density at radius 2 is 1.30 bits per heavy atom. The van der Waals surface area contributed by atoms with E-state index in [0.29, 0.717) is 16.8 Å². The van der Waals surface area contributed by atoms with E-state index in [4.69, 9.17) is 17.2 Å². The molecule has 1 aliphatic heterocycles. The highest BCUT2D eigenvalue weighted by Crippen LogP contribution is 2.20. The molecule has 1 saturated heterocycles. The smallest absolute Gasteiger partial charge is 0.243 e. The number of nitrogens with one attached hydrogen (secondary N) is 10. The van der Waals surface area contributed by atoms with Gasteiger partial charge in [-0.2, -0.15) is 0 Å². The average molecular weight is 1010 g/mol. The number of benzene rings is 2. The first-order valence-corrected chi connectivity index (χ1v) is 24.1. The molecule has 2 aromatic heterocycles. The van der Waals surface area contributed by atoms with Crippen molar-refractivity contribution in [2.45, 2.75) is 115 Å². The molecule has 2 aromatic carbocycles. The molecule has 9 amide bonds. The summed E-state index contributed by atoms with van der Waals surface area (Å²) in [6.07, 6.45) is 3.59. The highest BCUT2D eigenvalue weighted by molar-refractivity contribution is 5.99. The van der Waals surface area contributed by atoms with E-state index >= 15 is 0 Å². The first kappa shape index (κ1) is 55.6. The summed E-state index contributed by atoms with van der Waals surface area (Å²) in [7, 11) is 0. The van der Waals surface area contributed by atoms with E-state index < -0.39 is 120 Å². The zero-order valence-electron chi connectivity index (χ0n) is 41.3. The Bertz CT molecular complexity index is 2600. The first-order valence-electron chi connectivity index (χ1n) is 24.1. The fourth-order valence-corrected chi connectivity index (χ4v) is 8.14. The number of hydrogen-bond donors (Lipinski definition) is 13. The Balaban J connectivity index is 1.55. The largest absolute Gasteiger partial charge is 0.370 e. The zero-order chi connectivity index (χ0) is 53.2. The molecule has 16 N–H and O–H groups in total. The summed E-state index contributed by atoms with van der Waals surface area (Å²) in [5.41, 5.74) is 18.8. The Kier molecular flexibility index (Phi) is 20.4. The van der Waals surface area contributed by atoms with E-state index in [-0.39, 0.29) is 51.0 Å². The number of aromatic amines is 2. The van der Waals surface area contributed by atoms with Crippen LogP contribution in [0.15, 0.2) is 78.3 Å². The number of nitrogens with zero attached hydrogens (tertiary/aromatic N) is 2. The van der Waals surface area contributed by atoms with Crippen LogP contribution in [0.3, 0.4) is 0 Å². The predicted octanol–water partition coefficient (Wildman–Crippen LogP) is -1.93. The number of hydrogen-bond acceptors (Lipinski definition) is 11. The van der Waals surface area contributed by atoms with Gasteiger partial charge in [-0.1, -0.05) is 76.2 Å². The number of imidazole rings is 1. The van der Waals surface area contributed by atoms with Gasteiger partial charge >= 0.3 is 0 Å². The number of amides is 9. The van der Waals surface area contributed by atoms with Crippen molar-refractivity contribution < 1.29 is 43.2 Å². The average Bonchev–Trinajstić information content (AvgIpc) is 4.02. The summed E-state index contributed by atoms with van der Waals surface area (Å²) in [5, 5.41) is 22.2. The van der Waals surface area contributed by atoms with Crippen LogP contribution in [-0.2, 0) is 62.4 Å². The summed E-state index contributed by atoms with van der Waals surface area (Å²) in [6, 6.07) is 6.77. The lowest BCUT2D eigenvalue weighted by molar-refractivity contribution is -0.136. The van der Waals surface area contributed by atoms with Gasteiger partial charge < -0.3 is 69.7 Å². The maximum Gasteiger partial charge on any atom is 0.243 e. The summed E-state index contributed by atoms with van der Waals surface area (Å²) in [4.78, 5) is 139. The van der Waals surface area contributed by atoms with Crippen molar-refractivity contribution >= 4 is 70.0 Å². The van der Waals surface area contributed by atoms with E-state index in [9.17, 15) is 43.2 Å². The van der Waals surface area contributed by atoms with Crippen molar-refractivity contribution in [3.8, 4) is 0 Å². The van der Waals surface area contributed by atoms with Crippen molar-refractivity contribution in [3.63, 3.8) is 0 Å². The van der Waals surface area contributed by atoms with Gasteiger partial charge in [-0.05, 0) is 48.3 Å². The number of H-pyrrole nitrogens is 2. The highest BCUT2D eigenvalue weighted by atomic mass is 16.2.